The molecule has 2 aromatic carbocycles. The molecule has 0 unspecified atom stereocenters. The number of benzene rings is 2. The van der Waals surface area contributed by atoms with E-state index in [0.717, 1.165) is 54.9 Å². The second kappa shape index (κ2) is 12.0. The Balaban J connectivity index is 1.18. The number of likely N-dealkylation sites (tertiary alicyclic amines) is 1. The number of carbonyl (C=O) groups is 2. The maximum atomic E-state index is 13.1. The Morgan fingerprint density at radius 2 is 1.63 bits per heavy atom. The zero-order chi connectivity index (χ0) is 29.0. The molecule has 0 atom stereocenters. The van der Waals surface area contributed by atoms with Crippen molar-refractivity contribution in [1.82, 2.24) is 19.7 Å². The molecule has 0 spiro atoms. The molecular weight excluding hydrogens is 512 g/mol. The largest absolute Gasteiger partial charge is 0.339 e. The van der Waals surface area contributed by atoms with E-state index >= 15 is 0 Å². The van der Waals surface area contributed by atoms with E-state index in [2.05, 4.69) is 53.6 Å². The monoisotopic (exact) mass is 550 g/mol. The van der Waals surface area contributed by atoms with Crippen LogP contribution in [-0.2, 0) is 11.8 Å². The van der Waals surface area contributed by atoms with E-state index in [1.54, 1.807) is 23.1 Å². The van der Waals surface area contributed by atoms with Gasteiger partial charge in [0.25, 0.3) is 5.91 Å². The van der Waals surface area contributed by atoms with Gasteiger partial charge >= 0.3 is 6.03 Å². The number of pyridine rings is 1. The van der Waals surface area contributed by atoms with Gasteiger partial charge in [0.15, 0.2) is 0 Å². The molecule has 8 nitrogen and oxygen atoms in total. The highest BCUT2D eigenvalue weighted by molar-refractivity contribution is 6.00. The lowest BCUT2D eigenvalue weighted by molar-refractivity contribution is 0.0690. The van der Waals surface area contributed by atoms with E-state index in [9.17, 15) is 9.59 Å². The average molecular weight is 551 g/mol. The van der Waals surface area contributed by atoms with Crippen molar-refractivity contribution in [1.29, 1.82) is 0 Å². The first-order valence-electron chi connectivity index (χ1n) is 14.2. The fraction of sp³-hybridized carbons (Fsp3) is 0.333. The summed E-state index contributed by atoms with van der Waals surface area (Å²) >= 11 is 0. The first kappa shape index (κ1) is 28.1. The highest BCUT2D eigenvalue weighted by Crippen LogP contribution is 2.31. The van der Waals surface area contributed by atoms with Crippen LogP contribution >= 0.6 is 0 Å². The smallest absolute Gasteiger partial charge is 0.324 e. The van der Waals surface area contributed by atoms with E-state index < -0.39 is 0 Å². The molecule has 2 N–H and O–H groups in total. The lowest BCUT2D eigenvalue weighted by atomic mass is 9.89. The first-order chi connectivity index (χ1) is 19.7. The number of nitrogens with zero attached hydrogens (tertiary/aromatic N) is 4. The summed E-state index contributed by atoms with van der Waals surface area (Å²) in [7, 11) is 0. The quantitative estimate of drug-likeness (QED) is 0.282. The van der Waals surface area contributed by atoms with Gasteiger partial charge in [0.1, 0.15) is 5.82 Å². The highest BCUT2D eigenvalue weighted by atomic mass is 16.2. The van der Waals surface area contributed by atoms with Gasteiger partial charge in [-0.15, -0.1) is 0 Å². The van der Waals surface area contributed by atoms with Gasteiger partial charge in [0, 0.05) is 36.7 Å². The summed E-state index contributed by atoms with van der Waals surface area (Å²) in [4.78, 5) is 31.8. The van der Waals surface area contributed by atoms with Gasteiger partial charge in [-0.25, -0.2) is 9.48 Å². The van der Waals surface area contributed by atoms with Crippen LogP contribution in [0.25, 0.3) is 5.69 Å². The fourth-order valence-electron chi connectivity index (χ4n) is 5.24. The maximum absolute atomic E-state index is 13.1. The molecule has 1 aliphatic rings. The van der Waals surface area contributed by atoms with Crippen LogP contribution in [0.3, 0.4) is 0 Å². The average Bonchev–Trinajstić information content (AvgIpc) is 3.39. The van der Waals surface area contributed by atoms with E-state index in [4.69, 9.17) is 0 Å². The molecule has 0 radical (unpaired) electrons. The summed E-state index contributed by atoms with van der Waals surface area (Å²) in [5.41, 5.74) is 5.40. The molecule has 1 aliphatic heterocycles. The van der Waals surface area contributed by atoms with Gasteiger partial charge < -0.3 is 10.2 Å². The normalized spacial score (nSPS) is 14.1. The molecule has 3 heterocycles. The number of piperidine rings is 1. The molecule has 41 heavy (non-hydrogen) atoms. The highest BCUT2D eigenvalue weighted by Gasteiger charge is 2.25. The van der Waals surface area contributed by atoms with E-state index in [1.807, 2.05) is 60.5 Å². The van der Waals surface area contributed by atoms with Gasteiger partial charge in [-0.05, 0) is 79.5 Å². The summed E-state index contributed by atoms with van der Waals surface area (Å²) in [5.74, 6) is 1.23. The Bertz CT molecular complexity index is 1480. The predicted octanol–water partition coefficient (Wildman–Crippen LogP) is 6.61. The fourth-order valence-corrected chi connectivity index (χ4v) is 5.24. The van der Waals surface area contributed by atoms with Crippen LogP contribution in [0.5, 0.6) is 0 Å². The van der Waals surface area contributed by atoms with Crippen LogP contribution in [0.15, 0.2) is 79.3 Å². The number of aromatic nitrogens is 3. The molecule has 1 saturated heterocycles. The second-order valence-corrected chi connectivity index (χ2v) is 11.9. The number of rotatable bonds is 6. The third-order valence-electron chi connectivity index (χ3n) is 7.63. The molecule has 8 heteroatoms. The SMILES string of the molecule is Cc1ccc(-n2ncc(C(C)(C)C)c2NC(=O)Nc2ccc(CC3CCN(C(=O)c4cccnc4)CC3)cc2)cc1. The number of nitrogens with one attached hydrogen (secondary N) is 2. The summed E-state index contributed by atoms with van der Waals surface area (Å²) in [5, 5.41) is 10.6. The minimum absolute atomic E-state index is 0.0572. The lowest BCUT2D eigenvalue weighted by Gasteiger charge is -2.32. The van der Waals surface area contributed by atoms with Gasteiger partial charge in [0.2, 0.25) is 0 Å². The minimum Gasteiger partial charge on any atom is -0.339 e. The molecule has 0 bridgehead atoms. The molecule has 212 valence electrons. The second-order valence-electron chi connectivity index (χ2n) is 11.9. The van der Waals surface area contributed by atoms with E-state index in [-0.39, 0.29) is 17.4 Å². The van der Waals surface area contributed by atoms with Crippen molar-refractivity contribution in [3.8, 4) is 5.69 Å². The van der Waals surface area contributed by atoms with Crippen molar-refractivity contribution >= 4 is 23.4 Å². The molecular formula is C33H38N6O2. The minimum atomic E-state index is -0.317. The van der Waals surface area contributed by atoms with Crippen LogP contribution in [0.1, 0.15) is 60.7 Å². The van der Waals surface area contributed by atoms with Crippen LogP contribution in [0, 0.1) is 12.8 Å². The van der Waals surface area contributed by atoms with Crippen molar-refractivity contribution in [3.63, 3.8) is 0 Å². The number of carbonyl (C=O) groups excluding carboxylic acids is 2. The summed E-state index contributed by atoms with van der Waals surface area (Å²) < 4.78 is 1.78. The van der Waals surface area contributed by atoms with Gasteiger partial charge in [-0.1, -0.05) is 50.6 Å². The molecule has 0 saturated carbocycles. The molecule has 1 fully saturated rings. The third-order valence-corrected chi connectivity index (χ3v) is 7.63. The topological polar surface area (TPSA) is 92.2 Å². The standard InChI is InChI=1S/C33H38N6O2/c1-23-7-13-28(14-8-23)39-30(29(22-35-39)33(2,3)4)37-32(41)36-27-11-9-24(10-12-27)20-25-15-18-38(19-16-25)31(40)26-6-5-17-34-21-26/h5-14,17,21-22,25H,15-16,18-20H2,1-4H3,(H2,36,37,41). The predicted molar refractivity (Wildman–Crippen MR) is 163 cm³/mol. The van der Waals surface area contributed by atoms with Crippen molar-refractivity contribution in [2.24, 2.45) is 5.92 Å². The Hall–Kier alpha value is -4.46. The van der Waals surface area contributed by atoms with Crippen molar-refractivity contribution in [2.45, 2.75) is 52.4 Å². The van der Waals surface area contributed by atoms with Crippen LogP contribution in [0.4, 0.5) is 16.3 Å². The van der Waals surface area contributed by atoms with Crippen LogP contribution in [-0.4, -0.2) is 44.7 Å². The molecule has 2 aromatic heterocycles. The Labute approximate surface area is 241 Å². The number of aryl methyl sites for hydroxylation is 1. The number of hydrogen-bond donors (Lipinski definition) is 2. The van der Waals surface area contributed by atoms with E-state index in [1.165, 1.54) is 5.56 Å². The van der Waals surface area contributed by atoms with Crippen molar-refractivity contribution < 1.29 is 9.59 Å². The van der Waals surface area contributed by atoms with Crippen molar-refractivity contribution in [3.05, 3.63) is 102 Å². The number of urea groups is 1. The zero-order valence-corrected chi connectivity index (χ0v) is 24.2. The first-order valence-corrected chi connectivity index (χ1v) is 14.2. The zero-order valence-electron chi connectivity index (χ0n) is 24.2. The Kier molecular flexibility index (Phi) is 8.19. The third kappa shape index (κ3) is 6.82. The molecule has 3 amide bonds. The Morgan fingerprint density at radius 3 is 2.27 bits per heavy atom. The van der Waals surface area contributed by atoms with E-state index in [0.29, 0.717) is 17.3 Å². The van der Waals surface area contributed by atoms with Crippen molar-refractivity contribution in [2.75, 3.05) is 23.7 Å². The number of amides is 3. The summed E-state index contributed by atoms with van der Waals surface area (Å²) in [6, 6.07) is 19.4. The molecule has 0 aliphatic carbocycles. The number of hydrogen-bond acceptors (Lipinski definition) is 4. The molecule has 5 rings (SSSR count). The Morgan fingerprint density at radius 1 is 0.927 bits per heavy atom. The maximum Gasteiger partial charge on any atom is 0.324 e. The number of anilines is 2. The van der Waals surface area contributed by atoms with Crippen LogP contribution in [0.2, 0.25) is 0 Å². The summed E-state index contributed by atoms with van der Waals surface area (Å²) in [6.07, 6.45) is 8.03. The van der Waals surface area contributed by atoms with Gasteiger partial charge in [0.05, 0.1) is 17.4 Å². The van der Waals surface area contributed by atoms with Crippen LogP contribution < -0.4 is 10.6 Å². The molecule has 4 aromatic rings. The van der Waals surface area contributed by atoms with Gasteiger partial charge in [-0.3, -0.25) is 15.1 Å². The summed E-state index contributed by atoms with van der Waals surface area (Å²) in [6.45, 7) is 9.87. The lowest BCUT2D eigenvalue weighted by Crippen LogP contribution is -2.38. The van der Waals surface area contributed by atoms with Gasteiger partial charge in [-0.2, -0.15) is 5.10 Å².